The van der Waals surface area contributed by atoms with Crippen LogP contribution in [0.4, 0.5) is 0 Å². The minimum Gasteiger partial charge on any atom is -0.448 e. The molecule has 1 aliphatic carbocycles. The highest BCUT2D eigenvalue weighted by Gasteiger charge is 2.67. The highest BCUT2D eigenvalue weighted by Crippen LogP contribution is 2.73. The second-order valence-electron chi connectivity index (χ2n) is 5.82. The zero-order valence-electron chi connectivity index (χ0n) is 10.9. The molecule has 1 fully saturated rings. The van der Waals surface area contributed by atoms with E-state index in [0.29, 0.717) is 16.7 Å². The highest BCUT2D eigenvalue weighted by atomic mass is 16.3. The molecule has 0 bridgehead atoms. The number of hydrogen-bond acceptors (Lipinski definition) is 3. The Kier molecular flexibility index (Phi) is 2.61. The van der Waals surface area contributed by atoms with Crippen LogP contribution in [-0.2, 0) is 6.54 Å². The van der Waals surface area contributed by atoms with Crippen LogP contribution in [0, 0.1) is 10.8 Å². The van der Waals surface area contributed by atoms with Gasteiger partial charge in [-0.3, -0.25) is 0 Å². The van der Waals surface area contributed by atoms with Crippen LogP contribution < -0.4 is 5.32 Å². The van der Waals surface area contributed by atoms with Gasteiger partial charge >= 0.3 is 0 Å². The second-order valence-corrected chi connectivity index (χ2v) is 5.82. The first-order chi connectivity index (χ1) is 7.43. The molecule has 1 aromatic heterocycles. The molecular formula is C13H22N2O. The molecule has 1 N–H and O–H groups in total. The van der Waals surface area contributed by atoms with E-state index >= 15 is 0 Å². The number of rotatable bonds is 4. The highest BCUT2D eigenvalue weighted by molar-refractivity contribution is 5.31. The van der Waals surface area contributed by atoms with E-state index in [9.17, 15) is 0 Å². The molecule has 1 aliphatic rings. The van der Waals surface area contributed by atoms with Crippen LogP contribution in [0.1, 0.15) is 52.0 Å². The molecule has 90 valence electrons. The zero-order chi connectivity index (χ0) is 12.0. The minimum atomic E-state index is 0.313. The Hall–Kier alpha value is -0.830. The Morgan fingerprint density at radius 3 is 2.44 bits per heavy atom. The van der Waals surface area contributed by atoms with E-state index in [0.717, 1.165) is 24.5 Å². The van der Waals surface area contributed by atoms with Crippen molar-refractivity contribution in [3.8, 4) is 0 Å². The maximum absolute atomic E-state index is 5.61. The van der Waals surface area contributed by atoms with Crippen molar-refractivity contribution in [1.29, 1.82) is 0 Å². The smallest absolute Gasteiger partial charge is 0.181 e. The lowest BCUT2D eigenvalue weighted by Gasteiger charge is -2.03. The maximum atomic E-state index is 5.61. The molecule has 1 heterocycles. The molecule has 0 radical (unpaired) electrons. The maximum Gasteiger partial charge on any atom is 0.181 e. The third kappa shape index (κ3) is 1.49. The van der Waals surface area contributed by atoms with Gasteiger partial charge in [0, 0.05) is 12.5 Å². The summed E-state index contributed by atoms with van der Waals surface area (Å²) in [5.41, 5.74) is 1.70. The third-order valence-electron chi connectivity index (χ3n) is 4.50. The summed E-state index contributed by atoms with van der Waals surface area (Å²) < 4.78 is 5.61. The van der Waals surface area contributed by atoms with Crippen molar-refractivity contribution in [1.82, 2.24) is 10.3 Å². The van der Waals surface area contributed by atoms with Crippen LogP contribution in [0.5, 0.6) is 0 Å². The Balaban J connectivity index is 2.20. The average molecular weight is 222 g/mol. The van der Waals surface area contributed by atoms with Gasteiger partial charge in [0.25, 0.3) is 0 Å². The fourth-order valence-corrected chi connectivity index (χ4v) is 2.74. The molecule has 0 atom stereocenters. The molecule has 3 nitrogen and oxygen atoms in total. The van der Waals surface area contributed by atoms with E-state index in [2.05, 4.69) is 44.9 Å². The fraction of sp³-hybridized carbons (Fsp3) is 0.769. The lowest BCUT2D eigenvalue weighted by atomic mass is 10.0. The minimum absolute atomic E-state index is 0.313. The van der Waals surface area contributed by atoms with Crippen molar-refractivity contribution in [2.75, 3.05) is 6.54 Å². The first-order valence-electron chi connectivity index (χ1n) is 6.06. The summed E-state index contributed by atoms with van der Waals surface area (Å²) in [6, 6.07) is 0. The molecule has 0 spiro atoms. The van der Waals surface area contributed by atoms with Crippen LogP contribution in [-0.4, -0.2) is 11.5 Å². The van der Waals surface area contributed by atoms with E-state index in [1.807, 2.05) is 0 Å². The molecular weight excluding hydrogens is 200 g/mol. The average Bonchev–Trinajstić information content (AvgIpc) is 2.55. The lowest BCUT2D eigenvalue weighted by molar-refractivity contribution is 0.457. The van der Waals surface area contributed by atoms with Crippen LogP contribution in [0.2, 0.25) is 0 Å². The topological polar surface area (TPSA) is 38.1 Å². The first kappa shape index (κ1) is 11.6. The van der Waals surface area contributed by atoms with Crippen molar-refractivity contribution < 1.29 is 4.42 Å². The van der Waals surface area contributed by atoms with E-state index in [1.54, 1.807) is 6.39 Å². The van der Waals surface area contributed by atoms with Crippen molar-refractivity contribution >= 4 is 0 Å². The molecule has 1 aromatic rings. The van der Waals surface area contributed by atoms with Crippen LogP contribution in [0.3, 0.4) is 0 Å². The molecule has 0 unspecified atom stereocenters. The van der Waals surface area contributed by atoms with Gasteiger partial charge in [-0.05, 0) is 17.4 Å². The summed E-state index contributed by atoms with van der Waals surface area (Å²) in [4.78, 5) is 4.32. The number of nitrogens with one attached hydrogen (secondary N) is 1. The Bertz CT molecular complexity index is 365. The standard InChI is InChI=1S/C13H22N2O/c1-6-14-7-9-10(16-8-15-9)11-12(2,3)13(11,4)5/h8,11,14H,6-7H2,1-5H3. The second kappa shape index (κ2) is 3.59. The third-order valence-corrected chi connectivity index (χ3v) is 4.50. The van der Waals surface area contributed by atoms with Gasteiger partial charge in [-0.2, -0.15) is 0 Å². The normalized spacial score (nSPS) is 22.3. The predicted octanol–water partition coefficient (Wildman–Crippen LogP) is 2.93. The Morgan fingerprint density at radius 1 is 1.31 bits per heavy atom. The Morgan fingerprint density at radius 2 is 1.94 bits per heavy atom. The fourth-order valence-electron chi connectivity index (χ4n) is 2.74. The Labute approximate surface area is 97.6 Å². The van der Waals surface area contributed by atoms with E-state index in [1.165, 1.54) is 0 Å². The van der Waals surface area contributed by atoms with Crippen LogP contribution >= 0.6 is 0 Å². The van der Waals surface area contributed by atoms with Gasteiger partial charge in [-0.1, -0.05) is 34.6 Å². The molecule has 0 aromatic carbocycles. The number of aromatic nitrogens is 1. The molecule has 3 heteroatoms. The molecule has 0 amide bonds. The summed E-state index contributed by atoms with van der Waals surface area (Å²) in [6.07, 6.45) is 1.58. The number of oxazole rings is 1. The molecule has 2 rings (SSSR count). The molecule has 0 saturated heterocycles. The van der Waals surface area contributed by atoms with Gasteiger partial charge in [0.15, 0.2) is 6.39 Å². The summed E-state index contributed by atoms with van der Waals surface area (Å²) >= 11 is 0. The van der Waals surface area contributed by atoms with Crippen molar-refractivity contribution in [3.05, 3.63) is 17.8 Å². The zero-order valence-corrected chi connectivity index (χ0v) is 10.9. The van der Waals surface area contributed by atoms with Gasteiger partial charge < -0.3 is 9.73 Å². The summed E-state index contributed by atoms with van der Waals surface area (Å²) in [7, 11) is 0. The van der Waals surface area contributed by atoms with Crippen molar-refractivity contribution in [3.63, 3.8) is 0 Å². The molecule has 16 heavy (non-hydrogen) atoms. The molecule has 0 aliphatic heterocycles. The largest absolute Gasteiger partial charge is 0.448 e. The van der Waals surface area contributed by atoms with E-state index < -0.39 is 0 Å². The summed E-state index contributed by atoms with van der Waals surface area (Å²) in [6.45, 7) is 13.1. The quantitative estimate of drug-likeness (QED) is 0.851. The van der Waals surface area contributed by atoms with E-state index in [-0.39, 0.29) is 0 Å². The predicted molar refractivity (Wildman–Crippen MR) is 64.2 cm³/mol. The first-order valence-corrected chi connectivity index (χ1v) is 6.06. The number of hydrogen-bond donors (Lipinski definition) is 1. The van der Waals surface area contributed by atoms with E-state index in [4.69, 9.17) is 4.42 Å². The van der Waals surface area contributed by atoms with Gasteiger partial charge in [0.05, 0.1) is 5.69 Å². The van der Waals surface area contributed by atoms with Gasteiger partial charge in [-0.25, -0.2) is 4.98 Å². The monoisotopic (exact) mass is 222 g/mol. The van der Waals surface area contributed by atoms with Crippen LogP contribution in [0.15, 0.2) is 10.8 Å². The van der Waals surface area contributed by atoms with Gasteiger partial charge in [-0.15, -0.1) is 0 Å². The van der Waals surface area contributed by atoms with Gasteiger partial charge in [0.1, 0.15) is 5.76 Å². The van der Waals surface area contributed by atoms with Crippen LogP contribution in [0.25, 0.3) is 0 Å². The molecule has 1 saturated carbocycles. The number of nitrogens with zero attached hydrogens (tertiary/aromatic N) is 1. The summed E-state index contributed by atoms with van der Waals surface area (Å²) in [5.74, 6) is 1.58. The SMILES string of the molecule is CCNCc1ncoc1C1C(C)(C)C1(C)C. The van der Waals surface area contributed by atoms with Crippen molar-refractivity contribution in [2.45, 2.75) is 47.1 Å². The van der Waals surface area contributed by atoms with Crippen molar-refractivity contribution in [2.24, 2.45) is 10.8 Å². The van der Waals surface area contributed by atoms with Gasteiger partial charge in [0.2, 0.25) is 0 Å². The summed E-state index contributed by atoms with van der Waals surface area (Å²) in [5, 5.41) is 3.31. The lowest BCUT2D eigenvalue weighted by Crippen LogP contribution is -2.13.